The van der Waals surface area contributed by atoms with Gasteiger partial charge in [0.2, 0.25) is 0 Å². The largest absolute Gasteiger partial charge is 0.399 e. The Morgan fingerprint density at radius 3 is 2.76 bits per heavy atom. The van der Waals surface area contributed by atoms with Crippen molar-refractivity contribution in [1.29, 1.82) is 0 Å². The molecule has 1 unspecified atom stereocenters. The SMILES string of the molecule is C=C(N)c1ccc(-n2c(=O)[nH]c3ncccc32)cc1[C@H](C)C(C)/C(C)=C/C=C\C. The van der Waals surface area contributed by atoms with E-state index in [2.05, 4.69) is 49.5 Å². The molecule has 0 saturated carbocycles. The quantitative estimate of drug-likeness (QED) is 0.589. The zero-order valence-corrected chi connectivity index (χ0v) is 17.4. The Labute approximate surface area is 171 Å². The molecule has 0 spiro atoms. The molecule has 0 aliphatic heterocycles. The first-order chi connectivity index (χ1) is 13.8. The predicted octanol–water partition coefficient (Wildman–Crippen LogP) is 4.91. The van der Waals surface area contributed by atoms with E-state index in [-0.39, 0.29) is 11.6 Å². The number of fused-ring (bicyclic) bond motifs is 1. The van der Waals surface area contributed by atoms with Crippen molar-refractivity contribution in [3.05, 3.63) is 88.5 Å². The molecule has 0 saturated heterocycles. The maximum atomic E-state index is 12.6. The van der Waals surface area contributed by atoms with Crippen LogP contribution in [0.3, 0.4) is 0 Å². The third kappa shape index (κ3) is 3.94. The van der Waals surface area contributed by atoms with Crippen molar-refractivity contribution in [2.75, 3.05) is 0 Å². The number of rotatable bonds is 6. The molecule has 0 amide bonds. The van der Waals surface area contributed by atoms with E-state index >= 15 is 0 Å². The normalized spacial score (nSPS) is 14.4. The zero-order valence-electron chi connectivity index (χ0n) is 17.4. The van der Waals surface area contributed by atoms with E-state index in [1.807, 2.05) is 43.3 Å². The molecule has 2 heterocycles. The van der Waals surface area contributed by atoms with Crippen molar-refractivity contribution in [1.82, 2.24) is 14.5 Å². The highest BCUT2D eigenvalue weighted by Crippen LogP contribution is 2.34. The summed E-state index contributed by atoms with van der Waals surface area (Å²) < 4.78 is 1.65. The average Bonchev–Trinajstić information content (AvgIpc) is 3.05. The van der Waals surface area contributed by atoms with Crippen molar-refractivity contribution in [3.63, 3.8) is 0 Å². The maximum absolute atomic E-state index is 12.6. The number of allylic oxidation sites excluding steroid dienone is 4. The van der Waals surface area contributed by atoms with Crippen molar-refractivity contribution in [2.24, 2.45) is 11.7 Å². The van der Waals surface area contributed by atoms with Gasteiger partial charge in [0, 0.05) is 17.5 Å². The minimum absolute atomic E-state index is 0.186. The Hall–Kier alpha value is -3.34. The monoisotopic (exact) mass is 388 g/mol. The molecular weight excluding hydrogens is 360 g/mol. The van der Waals surface area contributed by atoms with Crippen LogP contribution in [0.25, 0.3) is 22.5 Å². The maximum Gasteiger partial charge on any atom is 0.332 e. The van der Waals surface area contributed by atoms with Crippen LogP contribution in [0, 0.1) is 5.92 Å². The van der Waals surface area contributed by atoms with Crippen LogP contribution in [0.2, 0.25) is 0 Å². The fourth-order valence-electron chi connectivity index (χ4n) is 3.62. The van der Waals surface area contributed by atoms with E-state index in [0.717, 1.165) is 22.3 Å². The standard InChI is InChI=1S/C24H28N4O/c1-6-7-9-15(2)16(3)17(4)21-14-19(11-12-20(21)18(5)25)28-22-10-8-13-26-23(22)27-24(28)29/h6-14,16-17H,5,25H2,1-4H3,(H,26,27,29)/b7-6-,15-9+/t16?,17-/m1/s1. The molecular formula is C24H28N4O. The molecule has 2 atom stereocenters. The smallest absolute Gasteiger partial charge is 0.332 e. The summed E-state index contributed by atoms with van der Waals surface area (Å²) in [6.45, 7) is 12.5. The molecule has 3 aromatic rings. The second-order valence-corrected chi connectivity index (χ2v) is 7.45. The van der Waals surface area contributed by atoms with Crippen molar-refractivity contribution >= 4 is 16.9 Å². The molecule has 0 fully saturated rings. The molecule has 0 radical (unpaired) electrons. The first-order valence-corrected chi connectivity index (χ1v) is 9.79. The summed E-state index contributed by atoms with van der Waals surface area (Å²) in [6.07, 6.45) is 7.87. The van der Waals surface area contributed by atoms with Crippen LogP contribution in [0.5, 0.6) is 0 Å². The van der Waals surface area contributed by atoms with Crippen LogP contribution < -0.4 is 11.4 Å². The number of pyridine rings is 1. The fraction of sp³-hybridized carbons (Fsp3) is 0.250. The van der Waals surface area contributed by atoms with Crippen LogP contribution in [-0.4, -0.2) is 14.5 Å². The summed E-state index contributed by atoms with van der Waals surface area (Å²) in [4.78, 5) is 19.7. The molecule has 5 nitrogen and oxygen atoms in total. The topological polar surface area (TPSA) is 76.7 Å². The summed E-state index contributed by atoms with van der Waals surface area (Å²) in [7, 11) is 0. The summed E-state index contributed by atoms with van der Waals surface area (Å²) in [5, 5.41) is 0. The Bertz CT molecular complexity index is 1160. The lowest BCUT2D eigenvalue weighted by Crippen LogP contribution is -2.17. The minimum Gasteiger partial charge on any atom is -0.399 e. The molecule has 2 aromatic heterocycles. The Balaban J connectivity index is 2.15. The van der Waals surface area contributed by atoms with Crippen LogP contribution in [0.4, 0.5) is 0 Å². The predicted molar refractivity (Wildman–Crippen MR) is 121 cm³/mol. The van der Waals surface area contributed by atoms with Gasteiger partial charge in [-0.3, -0.25) is 9.55 Å². The molecule has 29 heavy (non-hydrogen) atoms. The number of aromatic amines is 1. The van der Waals surface area contributed by atoms with Crippen molar-refractivity contribution in [3.8, 4) is 5.69 Å². The number of H-pyrrole nitrogens is 1. The first-order valence-electron chi connectivity index (χ1n) is 9.79. The van der Waals surface area contributed by atoms with Crippen LogP contribution in [0.15, 0.2) is 71.7 Å². The van der Waals surface area contributed by atoms with Crippen molar-refractivity contribution in [2.45, 2.75) is 33.6 Å². The summed E-state index contributed by atoms with van der Waals surface area (Å²) >= 11 is 0. The number of nitrogens with zero attached hydrogens (tertiary/aromatic N) is 2. The van der Waals surface area contributed by atoms with Gasteiger partial charge in [-0.15, -0.1) is 0 Å². The summed E-state index contributed by atoms with van der Waals surface area (Å²) in [6, 6.07) is 9.59. The highest BCUT2D eigenvalue weighted by atomic mass is 16.1. The number of hydrogen-bond donors (Lipinski definition) is 2. The number of hydrogen-bond acceptors (Lipinski definition) is 3. The average molecular weight is 389 g/mol. The lowest BCUT2D eigenvalue weighted by Gasteiger charge is -2.24. The molecule has 3 rings (SSSR count). The minimum atomic E-state index is -0.214. The van der Waals surface area contributed by atoms with E-state index in [4.69, 9.17) is 5.73 Å². The number of aromatic nitrogens is 3. The van der Waals surface area contributed by atoms with Gasteiger partial charge in [0.25, 0.3) is 0 Å². The highest BCUT2D eigenvalue weighted by Gasteiger charge is 2.21. The summed E-state index contributed by atoms with van der Waals surface area (Å²) in [5.41, 5.74) is 11.8. The second kappa shape index (κ2) is 8.35. The highest BCUT2D eigenvalue weighted by molar-refractivity contribution is 5.74. The third-order valence-electron chi connectivity index (χ3n) is 5.61. The van der Waals surface area contributed by atoms with E-state index in [0.29, 0.717) is 17.3 Å². The Morgan fingerprint density at radius 1 is 1.31 bits per heavy atom. The Morgan fingerprint density at radius 2 is 2.07 bits per heavy atom. The van der Waals surface area contributed by atoms with Gasteiger partial charge in [-0.25, -0.2) is 9.78 Å². The second-order valence-electron chi connectivity index (χ2n) is 7.45. The van der Waals surface area contributed by atoms with Gasteiger partial charge in [-0.1, -0.05) is 50.3 Å². The summed E-state index contributed by atoms with van der Waals surface area (Å²) in [5.74, 6) is 0.478. The fourth-order valence-corrected chi connectivity index (χ4v) is 3.62. The van der Waals surface area contributed by atoms with Crippen LogP contribution in [0.1, 0.15) is 44.7 Å². The van der Waals surface area contributed by atoms with Crippen LogP contribution >= 0.6 is 0 Å². The molecule has 0 aliphatic rings. The molecule has 1 aromatic carbocycles. The van der Waals surface area contributed by atoms with Gasteiger partial charge in [-0.05, 0) is 55.5 Å². The molecule has 3 N–H and O–H groups in total. The van der Waals surface area contributed by atoms with E-state index in [1.54, 1.807) is 10.8 Å². The van der Waals surface area contributed by atoms with E-state index in [9.17, 15) is 4.79 Å². The lowest BCUT2D eigenvalue weighted by molar-refractivity contribution is 0.559. The number of imidazole rings is 1. The van der Waals surface area contributed by atoms with E-state index < -0.39 is 0 Å². The number of nitrogens with two attached hydrogens (primary N) is 1. The molecule has 150 valence electrons. The van der Waals surface area contributed by atoms with Gasteiger partial charge in [0.05, 0.1) is 11.2 Å². The first kappa shape index (κ1) is 20.4. The van der Waals surface area contributed by atoms with E-state index in [1.165, 1.54) is 5.57 Å². The van der Waals surface area contributed by atoms with Gasteiger partial charge in [0.1, 0.15) is 0 Å². The Kier molecular flexibility index (Phi) is 5.87. The molecule has 0 aliphatic carbocycles. The molecule has 0 bridgehead atoms. The van der Waals surface area contributed by atoms with Gasteiger partial charge in [0.15, 0.2) is 5.65 Å². The van der Waals surface area contributed by atoms with Gasteiger partial charge in [-0.2, -0.15) is 0 Å². The zero-order chi connectivity index (χ0) is 21.1. The van der Waals surface area contributed by atoms with Gasteiger partial charge >= 0.3 is 5.69 Å². The molecule has 5 heteroatoms. The van der Waals surface area contributed by atoms with Gasteiger partial charge < -0.3 is 5.73 Å². The number of benzene rings is 1. The third-order valence-corrected chi connectivity index (χ3v) is 5.61. The lowest BCUT2D eigenvalue weighted by atomic mass is 9.81. The van der Waals surface area contributed by atoms with Crippen LogP contribution in [-0.2, 0) is 0 Å². The van der Waals surface area contributed by atoms with Crippen molar-refractivity contribution < 1.29 is 0 Å². The number of nitrogens with one attached hydrogen (secondary N) is 1.